The number of ether oxygens (including phenoxy) is 2. The molecule has 10 heteroatoms. The van der Waals surface area contributed by atoms with E-state index in [2.05, 4.69) is 26.0 Å². The summed E-state index contributed by atoms with van der Waals surface area (Å²) in [6.07, 6.45) is 3.94. The minimum atomic E-state index is -1.37. The van der Waals surface area contributed by atoms with Gasteiger partial charge in [-0.05, 0) is 29.3 Å². The van der Waals surface area contributed by atoms with E-state index in [-0.39, 0.29) is 12.5 Å². The molecule has 0 saturated carbocycles. The van der Waals surface area contributed by atoms with E-state index in [9.17, 15) is 15.0 Å². The van der Waals surface area contributed by atoms with Gasteiger partial charge < -0.3 is 24.6 Å². The number of rotatable bonds is 10. The molecule has 0 fully saturated rings. The first-order valence-corrected chi connectivity index (χ1v) is 14.1. The number of aryl methyl sites for hydroxylation is 1. The molecule has 5 rings (SSSR count). The van der Waals surface area contributed by atoms with Crippen molar-refractivity contribution in [3.63, 3.8) is 0 Å². The van der Waals surface area contributed by atoms with E-state index in [1.165, 1.54) is 0 Å². The average molecular weight is 622 g/mol. The molecule has 1 amide bonds. The number of benzene rings is 2. The summed E-state index contributed by atoms with van der Waals surface area (Å²) in [7, 11) is 5.09. The summed E-state index contributed by atoms with van der Waals surface area (Å²) >= 11 is 3.53. The first-order valence-electron chi connectivity index (χ1n) is 13.3. The van der Waals surface area contributed by atoms with E-state index in [0.29, 0.717) is 17.9 Å². The third-order valence-corrected chi connectivity index (χ3v) is 8.40. The van der Waals surface area contributed by atoms with Crippen LogP contribution in [0.15, 0.2) is 83.7 Å². The first kappa shape index (κ1) is 28.8. The van der Waals surface area contributed by atoms with Crippen LogP contribution < -0.4 is 9.47 Å². The van der Waals surface area contributed by atoms with Crippen molar-refractivity contribution in [2.45, 2.75) is 30.6 Å². The SMILES string of the molecule is COc1cncc2c1C[C@](c1ccc(Br)cc1)([C@H](c1ccccc1)[C@@H](C(=O)N(C)Cc1ccnn1C)[C@@H](O)CO)O2. The second-order valence-corrected chi connectivity index (χ2v) is 11.2. The molecule has 4 aromatic rings. The van der Waals surface area contributed by atoms with Crippen molar-refractivity contribution in [2.75, 3.05) is 20.8 Å². The number of amides is 1. The number of aliphatic hydroxyl groups is 2. The number of halogens is 1. The molecule has 0 saturated heterocycles. The second-order valence-electron chi connectivity index (χ2n) is 10.3. The molecular weight excluding hydrogens is 588 g/mol. The zero-order valence-electron chi connectivity index (χ0n) is 23.1. The summed E-state index contributed by atoms with van der Waals surface area (Å²) in [4.78, 5) is 20.3. The number of aromatic nitrogens is 3. The number of carbonyl (C=O) groups excluding carboxylic acids is 1. The summed E-state index contributed by atoms with van der Waals surface area (Å²) in [5.74, 6) is -1.00. The Morgan fingerprint density at radius 3 is 2.54 bits per heavy atom. The summed E-state index contributed by atoms with van der Waals surface area (Å²) < 4.78 is 15.1. The molecule has 1 aliphatic heterocycles. The van der Waals surface area contributed by atoms with Crippen LogP contribution in [0.2, 0.25) is 0 Å². The molecule has 2 N–H and O–H groups in total. The minimum absolute atomic E-state index is 0.273. The highest BCUT2D eigenvalue weighted by Crippen LogP contribution is 2.54. The lowest BCUT2D eigenvalue weighted by Crippen LogP contribution is -2.51. The highest BCUT2D eigenvalue weighted by Gasteiger charge is 2.55. The Morgan fingerprint density at radius 2 is 1.90 bits per heavy atom. The molecule has 0 bridgehead atoms. The topological polar surface area (TPSA) is 110 Å². The minimum Gasteiger partial charge on any atom is -0.495 e. The van der Waals surface area contributed by atoms with Gasteiger partial charge in [0.2, 0.25) is 5.91 Å². The molecule has 0 radical (unpaired) electrons. The van der Waals surface area contributed by atoms with Crippen molar-refractivity contribution >= 4 is 21.8 Å². The molecule has 4 atom stereocenters. The Labute approximate surface area is 247 Å². The molecular formula is C31H33BrN4O5. The predicted octanol–water partition coefficient (Wildman–Crippen LogP) is 3.83. The number of fused-ring (bicyclic) bond motifs is 1. The van der Waals surface area contributed by atoms with Gasteiger partial charge in [0.05, 0.1) is 50.4 Å². The molecule has 214 valence electrons. The van der Waals surface area contributed by atoms with Gasteiger partial charge in [-0.3, -0.25) is 14.5 Å². The zero-order valence-corrected chi connectivity index (χ0v) is 24.7. The van der Waals surface area contributed by atoms with Crippen molar-refractivity contribution in [3.8, 4) is 11.5 Å². The van der Waals surface area contributed by atoms with Crippen molar-refractivity contribution in [2.24, 2.45) is 13.0 Å². The lowest BCUT2D eigenvalue weighted by molar-refractivity contribution is -0.145. The van der Waals surface area contributed by atoms with Crippen LogP contribution in [0, 0.1) is 5.92 Å². The van der Waals surface area contributed by atoms with E-state index in [1.807, 2.05) is 67.7 Å². The van der Waals surface area contributed by atoms with Crippen LogP contribution in [0.4, 0.5) is 0 Å². The van der Waals surface area contributed by atoms with Gasteiger partial charge >= 0.3 is 0 Å². The van der Waals surface area contributed by atoms with E-state index in [1.54, 1.807) is 42.3 Å². The van der Waals surface area contributed by atoms with Gasteiger partial charge in [-0.15, -0.1) is 0 Å². The molecule has 0 aliphatic carbocycles. The average Bonchev–Trinajstić information content (AvgIpc) is 3.59. The number of hydrogen-bond donors (Lipinski definition) is 2. The van der Waals surface area contributed by atoms with Gasteiger partial charge in [-0.25, -0.2) is 0 Å². The maximum absolute atomic E-state index is 14.4. The molecule has 3 heterocycles. The van der Waals surface area contributed by atoms with Crippen molar-refractivity contribution in [1.29, 1.82) is 0 Å². The smallest absolute Gasteiger partial charge is 0.229 e. The fourth-order valence-electron chi connectivity index (χ4n) is 5.83. The molecule has 2 aromatic heterocycles. The van der Waals surface area contributed by atoms with E-state index in [0.717, 1.165) is 26.9 Å². The van der Waals surface area contributed by atoms with Crippen LogP contribution in [0.1, 0.15) is 28.3 Å². The van der Waals surface area contributed by atoms with Crippen molar-refractivity contribution in [1.82, 2.24) is 19.7 Å². The van der Waals surface area contributed by atoms with E-state index >= 15 is 0 Å². The number of nitrogens with zero attached hydrogens (tertiary/aromatic N) is 4. The Kier molecular flexibility index (Phi) is 8.44. The van der Waals surface area contributed by atoms with Gasteiger partial charge in [0, 0.05) is 42.7 Å². The maximum Gasteiger partial charge on any atom is 0.229 e. The fraction of sp³-hybridized carbons (Fsp3) is 0.323. The van der Waals surface area contributed by atoms with Gasteiger partial charge in [0.15, 0.2) is 0 Å². The Balaban J connectivity index is 1.70. The summed E-state index contributed by atoms with van der Waals surface area (Å²) in [6.45, 7) is -0.330. The molecule has 2 aromatic carbocycles. The van der Waals surface area contributed by atoms with Crippen LogP contribution in [-0.2, 0) is 30.4 Å². The molecule has 41 heavy (non-hydrogen) atoms. The zero-order chi connectivity index (χ0) is 29.1. The van der Waals surface area contributed by atoms with E-state index < -0.39 is 30.1 Å². The van der Waals surface area contributed by atoms with Crippen LogP contribution >= 0.6 is 15.9 Å². The third-order valence-electron chi connectivity index (χ3n) is 7.87. The van der Waals surface area contributed by atoms with Gasteiger partial charge in [0.1, 0.15) is 17.1 Å². The largest absolute Gasteiger partial charge is 0.495 e. The standard InChI is InChI=1S/C31H33BrN4O5/c1-35(18-23-13-14-34-36(23)2)30(39)28(25(38)19-37)29(20-7-5-4-6-8-20)31(21-9-11-22(32)12-10-21)15-24-26(40-3)16-33-17-27(24)41-31/h4-14,16-17,25,28-29,37-38H,15,18-19H2,1-3H3/t25-,28-,29+,31-/m0/s1. The van der Waals surface area contributed by atoms with Crippen LogP contribution in [-0.4, -0.2) is 62.7 Å². The molecule has 1 aliphatic rings. The molecule has 0 spiro atoms. The Bertz CT molecular complexity index is 1500. The van der Waals surface area contributed by atoms with E-state index in [4.69, 9.17) is 9.47 Å². The highest BCUT2D eigenvalue weighted by molar-refractivity contribution is 9.10. The number of methoxy groups -OCH3 is 1. The van der Waals surface area contributed by atoms with Gasteiger partial charge in [-0.2, -0.15) is 5.10 Å². The van der Waals surface area contributed by atoms with Crippen molar-refractivity contribution < 1.29 is 24.5 Å². The summed E-state index contributed by atoms with van der Waals surface area (Å²) in [6, 6.07) is 19.2. The lowest BCUT2D eigenvalue weighted by atomic mass is 9.67. The maximum atomic E-state index is 14.4. The van der Waals surface area contributed by atoms with Gasteiger partial charge in [0.25, 0.3) is 0 Å². The second kappa shape index (κ2) is 12.0. The van der Waals surface area contributed by atoms with Crippen LogP contribution in [0.25, 0.3) is 0 Å². The number of pyridine rings is 1. The summed E-state index contributed by atoms with van der Waals surface area (Å²) in [5, 5.41) is 25.9. The number of hydrogen-bond acceptors (Lipinski definition) is 7. The van der Waals surface area contributed by atoms with Crippen LogP contribution in [0.5, 0.6) is 11.5 Å². The van der Waals surface area contributed by atoms with Gasteiger partial charge in [-0.1, -0.05) is 58.4 Å². The summed E-state index contributed by atoms with van der Waals surface area (Å²) in [5.41, 5.74) is 2.10. The molecule has 9 nitrogen and oxygen atoms in total. The molecule has 0 unspecified atom stereocenters. The number of carbonyl (C=O) groups is 1. The quantitative estimate of drug-likeness (QED) is 0.277. The Morgan fingerprint density at radius 1 is 1.17 bits per heavy atom. The lowest BCUT2D eigenvalue weighted by Gasteiger charge is -2.43. The highest BCUT2D eigenvalue weighted by atomic mass is 79.9. The Hall–Kier alpha value is -3.73. The normalized spacial score (nSPS) is 18.2. The number of aliphatic hydroxyl groups excluding tert-OH is 2. The van der Waals surface area contributed by atoms with Crippen molar-refractivity contribution in [3.05, 3.63) is 106 Å². The monoisotopic (exact) mass is 620 g/mol. The first-order chi connectivity index (χ1) is 19.8. The fourth-order valence-corrected chi connectivity index (χ4v) is 6.09. The third kappa shape index (κ3) is 5.47. The predicted molar refractivity (Wildman–Crippen MR) is 156 cm³/mol. The van der Waals surface area contributed by atoms with Crippen LogP contribution in [0.3, 0.4) is 0 Å².